The van der Waals surface area contributed by atoms with Crippen LogP contribution in [0.15, 0.2) is 0 Å². The van der Waals surface area contributed by atoms with E-state index in [-0.39, 0.29) is 11.6 Å². The third-order valence-electron chi connectivity index (χ3n) is 3.91. The van der Waals surface area contributed by atoms with Gasteiger partial charge in [-0.15, -0.1) is 0 Å². The standard InChI is InChI=1S/C15H29NO3/c1-6-18-13(17)15(16-5)10-7-8-12(15)9-11-19-14(2,3)4/h12,16H,6-11H2,1-5H3. The van der Waals surface area contributed by atoms with E-state index in [1.165, 1.54) is 0 Å². The number of carbonyl (C=O) groups is 1. The summed E-state index contributed by atoms with van der Waals surface area (Å²) in [4.78, 5) is 12.2. The molecule has 1 fully saturated rings. The Labute approximate surface area is 117 Å². The van der Waals surface area contributed by atoms with Crippen LogP contribution in [0.3, 0.4) is 0 Å². The van der Waals surface area contributed by atoms with Gasteiger partial charge < -0.3 is 14.8 Å². The van der Waals surface area contributed by atoms with Gasteiger partial charge in [-0.3, -0.25) is 4.79 Å². The second-order valence-electron chi connectivity index (χ2n) is 6.28. The van der Waals surface area contributed by atoms with E-state index in [9.17, 15) is 4.79 Å². The van der Waals surface area contributed by atoms with E-state index in [1.807, 2.05) is 14.0 Å². The highest BCUT2D eigenvalue weighted by molar-refractivity contribution is 5.81. The maximum absolute atomic E-state index is 12.2. The molecule has 0 aromatic carbocycles. The van der Waals surface area contributed by atoms with Crippen molar-refractivity contribution in [2.24, 2.45) is 5.92 Å². The van der Waals surface area contributed by atoms with Crippen molar-refractivity contribution in [1.29, 1.82) is 0 Å². The molecule has 1 aliphatic carbocycles. The first-order chi connectivity index (χ1) is 8.85. The zero-order chi connectivity index (χ0) is 14.5. The smallest absolute Gasteiger partial charge is 0.326 e. The fourth-order valence-electron chi connectivity index (χ4n) is 2.94. The number of hydrogen-bond acceptors (Lipinski definition) is 4. The minimum absolute atomic E-state index is 0.101. The van der Waals surface area contributed by atoms with Gasteiger partial charge in [0.1, 0.15) is 5.54 Å². The quantitative estimate of drug-likeness (QED) is 0.754. The first kappa shape index (κ1) is 16.4. The predicted molar refractivity (Wildman–Crippen MR) is 76.1 cm³/mol. The van der Waals surface area contributed by atoms with Crippen LogP contribution in [0.1, 0.15) is 53.4 Å². The van der Waals surface area contributed by atoms with Crippen LogP contribution in [0.25, 0.3) is 0 Å². The van der Waals surface area contributed by atoms with Crippen molar-refractivity contribution in [1.82, 2.24) is 5.32 Å². The van der Waals surface area contributed by atoms with E-state index in [0.717, 1.165) is 25.7 Å². The number of esters is 1. The molecule has 0 aromatic rings. The molecule has 0 spiro atoms. The van der Waals surface area contributed by atoms with Crippen molar-refractivity contribution >= 4 is 5.97 Å². The molecule has 2 unspecified atom stereocenters. The molecule has 0 amide bonds. The molecule has 0 aromatic heterocycles. The molecule has 1 aliphatic rings. The predicted octanol–water partition coefficient (Wildman–Crippen LogP) is 2.51. The average Bonchev–Trinajstić information content (AvgIpc) is 2.72. The monoisotopic (exact) mass is 271 g/mol. The van der Waals surface area contributed by atoms with Crippen molar-refractivity contribution in [3.63, 3.8) is 0 Å². The van der Waals surface area contributed by atoms with E-state index in [1.54, 1.807) is 0 Å². The summed E-state index contributed by atoms with van der Waals surface area (Å²) < 4.78 is 11.0. The Bertz CT molecular complexity index is 298. The van der Waals surface area contributed by atoms with Gasteiger partial charge in [0.25, 0.3) is 0 Å². The summed E-state index contributed by atoms with van der Waals surface area (Å²) in [7, 11) is 1.86. The highest BCUT2D eigenvalue weighted by Crippen LogP contribution is 2.39. The summed E-state index contributed by atoms with van der Waals surface area (Å²) in [6.45, 7) is 9.15. The SMILES string of the molecule is CCOC(=O)C1(NC)CCCC1CCOC(C)(C)C. The van der Waals surface area contributed by atoms with Crippen molar-refractivity contribution < 1.29 is 14.3 Å². The summed E-state index contributed by atoms with van der Waals surface area (Å²) in [6.07, 6.45) is 3.90. The third-order valence-corrected chi connectivity index (χ3v) is 3.91. The Morgan fingerprint density at radius 2 is 2.11 bits per heavy atom. The van der Waals surface area contributed by atoms with E-state index in [4.69, 9.17) is 9.47 Å². The number of rotatable bonds is 6. The molecular weight excluding hydrogens is 242 g/mol. The van der Waals surface area contributed by atoms with Crippen LogP contribution in [0.5, 0.6) is 0 Å². The molecule has 1 rings (SSSR count). The topological polar surface area (TPSA) is 47.6 Å². The largest absolute Gasteiger partial charge is 0.465 e. The molecule has 0 heterocycles. The van der Waals surface area contributed by atoms with Gasteiger partial charge in [0, 0.05) is 6.61 Å². The lowest BCUT2D eigenvalue weighted by Gasteiger charge is -2.33. The lowest BCUT2D eigenvalue weighted by Crippen LogP contribution is -2.54. The number of nitrogens with one attached hydrogen (secondary N) is 1. The van der Waals surface area contributed by atoms with Gasteiger partial charge in [-0.05, 0) is 59.9 Å². The van der Waals surface area contributed by atoms with Gasteiger partial charge >= 0.3 is 5.97 Å². The second kappa shape index (κ2) is 6.71. The molecular formula is C15H29NO3. The summed E-state index contributed by atoms with van der Waals surface area (Å²) in [6, 6.07) is 0. The maximum atomic E-state index is 12.2. The third kappa shape index (κ3) is 4.18. The van der Waals surface area contributed by atoms with Gasteiger partial charge in [0.05, 0.1) is 12.2 Å². The van der Waals surface area contributed by atoms with Gasteiger partial charge in [-0.2, -0.15) is 0 Å². The van der Waals surface area contributed by atoms with Gasteiger partial charge in [0.15, 0.2) is 0 Å². The Morgan fingerprint density at radius 3 is 2.63 bits per heavy atom. The van der Waals surface area contributed by atoms with Crippen molar-refractivity contribution in [2.75, 3.05) is 20.3 Å². The van der Waals surface area contributed by atoms with Crippen LogP contribution >= 0.6 is 0 Å². The minimum Gasteiger partial charge on any atom is -0.465 e. The van der Waals surface area contributed by atoms with Crippen LogP contribution < -0.4 is 5.32 Å². The number of hydrogen-bond donors (Lipinski definition) is 1. The van der Waals surface area contributed by atoms with Gasteiger partial charge in [-0.25, -0.2) is 0 Å². The molecule has 1 saturated carbocycles. The van der Waals surface area contributed by atoms with E-state index in [0.29, 0.717) is 19.1 Å². The summed E-state index contributed by atoms with van der Waals surface area (Å²) in [5.41, 5.74) is -0.623. The van der Waals surface area contributed by atoms with E-state index < -0.39 is 5.54 Å². The molecule has 0 saturated heterocycles. The summed E-state index contributed by atoms with van der Waals surface area (Å²) >= 11 is 0. The molecule has 112 valence electrons. The van der Waals surface area contributed by atoms with Crippen LogP contribution in [0.2, 0.25) is 0 Å². The van der Waals surface area contributed by atoms with Gasteiger partial charge in [0.2, 0.25) is 0 Å². The Kier molecular flexibility index (Phi) is 5.81. The second-order valence-corrected chi connectivity index (χ2v) is 6.28. The highest BCUT2D eigenvalue weighted by atomic mass is 16.5. The molecule has 0 aliphatic heterocycles. The van der Waals surface area contributed by atoms with Crippen LogP contribution in [0.4, 0.5) is 0 Å². The highest BCUT2D eigenvalue weighted by Gasteiger charge is 2.48. The number of likely N-dealkylation sites (N-methyl/N-ethyl adjacent to an activating group) is 1. The normalized spacial score (nSPS) is 27.5. The number of ether oxygens (including phenoxy) is 2. The molecule has 4 heteroatoms. The van der Waals surface area contributed by atoms with E-state index in [2.05, 4.69) is 26.1 Å². The molecule has 2 atom stereocenters. The molecule has 19 heavy (non-hydrogen) atoms. The average molecular weight is 271 g/mol. The fourth-order valence-corrected chi connectivity index (χ4v) is 2.94. The summed E-state index contributed by atoms with van der Waals surface area (Å²) in [5, 5.41) is 3.23. The van der Waals surface area contributed by atoms with Crippen LogP contribution in [-0.2, 0) is 14.3 Å². The van der Waals surface area contributed by atoms with Crippen LogP contribution in [0, 0.1) is 5.92 Å². The van der Waals surface area contributed by atoms with Crippen molar-refractivity contribution in [3.05, 3.63) is 0 Å². The lowest BCUT2D eigenvalue weighted by atomic mass is 9.85. The molecule has 4 nitrogen and oxygen atoms in total. The Morgan fingerprint density at radius 1 is 1.42 bits per heavy atom. The molecule has 1 N–H and O–H groups in total. The van der Waals surface area contributed by atoms with Crippen LogP contribution in [-0.4, -0.2) is 37.4 Å². The zero-order valence-electron chi connectivity index (χ0n) is 13.0. The van der Waals surface area contributed by atoms with Crippen molar-refractivity contribution in [2.45, 2.75) is 64.5 Å². The fraction of sp³-hybridized carbons (Fsp3) is 0.933. The number of carbonyl (C=O) groups excluding carboxylic acids is 1. The lowest BCUT2D eigenvalue weighted by molar-refractivity contribution is -0.153. The molecule has 0 bridgehead atoms. The zero-order valence-corrected chi connectivity index (χ0v) is 13.0. The van der Waals surface area contributed by atoms with Gasteiger partial charge in [-0.1, -0.05) is 6.42 Å². The minimum atomic E-state index is -0.503. The van der Waals surface area contributed by atoms with E-state index >= 15 is 0 Å². The maximum Gasteiger partial charge on any atom is 0.326 e. The molecule has 0 radical (unpaired) electrons. The Balaban J connectivity index is 2.62. The summed E-state index contributed by atoms with van der Waals surface area (Å²) in [5.74, 6) is 0.203. The van der Waals surface area contributed by atoms with Crippen molar-refractivity contribution in [3.8, 4) is 0 Å². The first-order valence-electron chi connectivity index (χ1n) is 7.36. The first-order valence-corrected chi connectivity index (χ1v) is 7.36. The Hall–Kier alpha value is -0.610.